The average Bonchev–Trinajstić information content (AvgIpc) is 2.73. The number of anilines is 1. The number of carbonyl (C=O) groups excluding carboxylic acids is 2. The van der Waals surface area contributed by atoms with Crippen LogP contribution in [0, 0.1) is 24.7 Å². The zero-order valence-electron chi connectivity index (χ0n) is 18.3. The SMILES string of the molecule is Cc1ccc(NC(=O)COc2ccccc2C(=O)NC23CC4CC(CC(C4)C2)C3)c(Br)c1. The van der Waals surface area contributed by atoms with Crippen molar-refractivity contribution in [1.29, 1.82) is 0 Å². The molecule has 0 atom stereocenters. The fourth-order valence-corrected chi connectivity index (χ4v) is 7.00. The molecule has 0 saturated heterocycles. The van der Waals surface area contributed by atoms with Gasteiger partial charge in [-0.15, -0.1) is 0 Å². The maximum absolute atomic E-state index is 13.3. The molecule has 6 heteroatoms. The van der Waals surface area contributed by atoms with E-state index in [9.17, 15) is 9.59 Å². The molecule has 6 rings (SSSR count). The van der Waals surface area contributed by atoms with Gasteiger partial charge in [0.15, 0.2) is 6.61 Å². The molecule has 0 aliphatic heterocycles. The van der Waals surface area contributed by atoms with Crippen molar-refractivity contribution < 1.29 is 14.3 Å². The molecule has 32 heavy (non-hydrogen) atoms. The molecule has 5 nitrogen and oxygen atoms in total. The average molecular weight is 497 g/mol. The van der Waals surface area contributed by atoms with E-state index in [-0.39, 0.29) is 24.0 Å². The molecule has 168 valence electrons. The van der Waals surface area contributed by atoms with Gasteiger partial charge in [-0.25, -0.2) is 0 Å². The van der Waals surface area contributed by atoms with Crippen LogP contribution in [0.2, 0.25) is 0 Å². The van der Waals surface area contributed by atoms with E-state index in [1.54, 1.807) is 12.1 Å². The van der Waals surface area contributed by atoms with Crippen molar-refractivity contribution in [1.82, 2.24) is 5.32 Å². The molecular formula is C26H29BrN2O3. The molecule has 4 saturated carbocycles. The number of carbonyl (C=O) groups is 2. The second-order valence-electron chi connectivity index (χ2n) is 9.97. The summed E-state index contributed by atoms with van der Waals surface area (Å²) in [5.74, 6) is 2.36. The van der Waals surface area contributed by atoms with E-state index in [2.05, 4.69) is 26.6 Å². The van der Waals surface area contributed by atoms with Gasteiger partial charge < -0.3 is 15.4 Å². The predicted molar refractivity (Wildman–Crippen MR) is 128 cm³/mol. The van der Waals surface area contributed by atoms with Gasteiger partial charge in [-0.1, -0.05) is 18.2 Å². The van der Waals surface area contributed by atoms with Crippen LogP contribution in [0.25, 0.3) is 0 Å². The number of para-hydroxylation sites is 1. The van der Waals surface area contributed by atoms with Crippen LogP contribution in [0.4, 0.5) is 5.69 Å². The highest BCUT2D eigenvalue weighted by atomic mass is 79.9. The van der Waals surface area contributed by atoms with Gasteiger partial charge in [0.05, 0.1) is 11.3 Å². The second kappa shape index (κ2) is 8.54. The van der Waals surface area contributed by atoms with Gasteiger partial charge in [0.1, 0.15) is 5.75 Å². The van der Waals surface area contributed by atoms with E-state index in [0.717, 1.165) is 47.1 Å². The van der Waals surface area contributed by atoms with Crippen molar-refractivity contribution in [2.45, 2.75) is 51.0 Å². The number of hydrogen-bond acceptors (Lipinski definition) is 3. The topological polar surface area (TPSA) is 67.4 Å². The summed E-state index contributed by atoms with van der Waals surface area (Å²) in [6, 6.07) is 12.9. The maximum atomic E-state index is 13.3. The van der Waals surface area contributed by atoms with Crippen LogP contribution in [0.3, 0.4) is 0 Å². The number of hydrogen-bond donors (Lipinski definition) is 2. The quantitative estimate of drug-likeness (QED) is 0.556. The summed E-state index contributed by atoms with van der Waals surface area (Å²) in [4.78, 5) is 25.7. The zero-order chi connectivity index (χ0) is 22.3. The third-order valence-electron chi connectivity index (χ3n) is 7.31. The molecule has 0 unspecified atom stereocenters. The first-order valence-electron chi connectivity index (χ1n) is 11.5. The van der Waals surface area contributed by atoms with Crippen LogP contribution in [-0.2, 0) is 4.79 Å². The lowest BCUT2D eigenvalue weighted by molar-refractivity contribution is -0.118. The van der Waals surface area contributed by atoms with Crippen LogP contribution < -0.4 is 15.4 Å². The number of nitrogens with one attached hydrogen (secondary N) is 2. The summed E-state index contributed by atoms with van der Waals surface area (Å²) in [5, 5.41) is 6.24. The van der Waals surface area contributed by atoms with E-state index in [0.29, 0.717) is 17.0 Å². The highest BCUT2D eigenvalue weighted by Crippen LogP contribution is 2.55. The smallest absolute Gasteiger partial charge is 0.262 e. The first-order valence-corrected chi connectivity index (χ1v) is 12.3. The maximum Gasteiger partial charge on any atom is 0.262 e. The summed E-state index contributed by atoms with van der Waals surface area (Å²) in [6.07, 6.45) is 7.30. The molecule has 4 bridgehead atoms. The lowest BCUT2D eigenvalue weighted by Crippen LogP contribution is -2.59. The lowest BCUT2D eigenvalue weighted by atomic mass is 9.53. The van der Waals surface area contributed by atoms with Crippen molar-refractivity contribution in [3.05, 3.63) is 58.1 Å². The molecule has 4 aliphatic rings. The number of aryl methyl sites for hydroxylation is 1. The third-order valence-corrected chi connectivity index (χ3v) is 7.96. The van der Waals surface area contributed by atoms with Gasteiger partial charge >= 0.3 is 0 Å². The van der Waals surface area contributed by atoms with Gasteiger partial charge in [-0.2, -0.15) is 0 Å². The van der Waals surface area contributed by atoms with E-state index in [1.807, 2.05) is 37.3 Å². The fourth-order valence-electron chi connectivity index (χ4n) is 6.40. The molecule has 0 radical (unpaired) electrons. The van der Waals surface area contributed by atoms with Crippen LogP contribution in [0.5, 0.6) is 5.75 Å². The highest BCUT2D eigenvalue weighted by molar-refractivity contribution is 9.10. The molecule has 2 aromatic rings. The molecule has 2 aromatic carbocycles. The summed E-state index contributed by atoms with van der Waals surface area (Å²) in [5.41, 5.74) is 2.23. The monoisotopic (exact) mass is 496 g/mol. The molecule has 4 fully saturated rings. The largest absolute Gasteiger partial charge is 0.483 e. The molecule has 0 aromatic heterocycles. The minimum atomic E-state index is -0.272. The van der Waals surface area contributed by atoms with E-state index >= 15 is 0 Å². The fraction of sp³-hybridized carbons (Fsp3) is 0.462. The summed E-state index contributed by atoms with van der Waals surface area (Å²) >= 11 is 3.47. The number of amides is 2. The Balaban J connectivity index is 1.24. The van der Waals surface area contributed by atoms with Crippen molar-refractivity contribution in [3.63, 3.8) is 0 Å². The van der Waals surface area contributed by atoms with Crippen molar-refractivity contribution in [3.8, 4) is 5.75 Å². The Morgan fingerprint density at radius 2 is 1.69 bits per heavy atom. The molecule has 0 spiro atoms. The Labute approximate surface area is 197 Å². The Hall–Kier alpha value is -2.34. The Bertz CT molecular complexity index is 1020. The first kappa shape index (κ1) is 21.5. The van der Waals surface area contributed by atoms with Crippen LogP contribution >= 0.6 is 15.9 Å². The minimum absolute atomic E-state index is 0.0615. The molecule has 4 aliphatic carbocycles. The van der Waals surface area contributed by atoms with Gasteiger partial charge in [0.2, 0.25) is 0 Å². The zero-order valence-corrected chi connectivity index (χ0v) is 19.9. The standard InChI is InChI=1S/C26H29BrN2O3/c1-16-6-7-22(21(27)8-16)28-24(30)15-32-23-5-3-2-4-20(23)25(31)29-26-12-17-9-18(13-26)11-19(10-17)14-26/h2-8,17-19H,9-15H2,1H3,(H,28,30)(H,29,31). The number of benzene rings is 2. The normalized spacial score (nSPS) is 27.8. The van der Waals surface area contributed by atoms with E-state index < -0.39 is 0 Å². The minimum Gasteiger partial charge on any atom is -0.483 e. The first-order chi connectivity index (χ1) is 15.4. The molecule has 0 heterocycles. The van der Waals surface area contributed by atoms with Gasteiger partial charge in [0.25, 0.3) is 11.8 Å². The summed E-state index contributed by atoms with van der Waals surface area (Å²) in [7, 11) is 0. The Morgan fingerprint density at radius 3 is 2.34 bits per heavy atom. The second-order valence-corrected chi connectivity index (χ2v) is 10.8. The molecule has 2 amide bonds. The van der Waals surface area contributed by atoms with Crippen molar-refractivity contribution >= 4 is 33.4 Å². The van der Waals surface area contributed by atoms with Crippen molar-refractivity contribution in [2.75, 3.05) is 11.9 Å². The van der Waals surface area contributed by atoms with Gasteiger partial charge in [0, 0.05) is 10.0 Å². The van der Waals surface area contributed by atoms with Crippen LogP contribution in [0.15, 0.2) is 46.9 Å². The number of halogens is 1. The van der Waals surface area contributed by atoms with Crippen molar-refractivity contribution in [2.24, 2.45) is 17.8 Å². The molecule has 2 N–H and O–H groups in total. The predicted octanol–water partition coefficient (Wildman–Crippen LogP) is 5.47. The summed E-state index contributed by atoms with van der Waals surface area (Å²) in [6.45, 7) is 1.83. The highest BCUT2D eigenvalue weighted by Gasteiger charge is 2.51. The lowest BCUT2D eigenvalue weighted by Gasteiger charge is -2.56. The number of ether oxygens (including phenoxy) is 1. The van der Waals surface area contributed by atoms with E-state index in [1.165, 1.54) is 19.3 Å². The molecular weight excluding hydrogens is 468 g/mol. The van der Waals surface area contributed by atoms with Gasteiger partial charge in [-0.3, -0.25) is 9.59 Å². The van der Waals surface area contributed by atoms with Crippen LogP contribution in [-0.4, -0.2) is 24.0 Å². The summed E-state index contributed by atoms with van der Waals surface area (Å²) < 4.78 is 6.61. The van der Waals surface area contributed by atoms with Crippen LogP contribution in [0.1, 0.15) is 54.4 Å². The Kier molecular flexibility index (Phi) is 5.74. The number of rotatable bonds is 6. The third kappa shape index (κ3) is 4.42. The Morgan fingerprint density at radius 1 is 1.03 bits per heavy atom. The van der Waals surface area contributed by atoms with E-state index in [4.69, 9.17) is 4.74 Å². The van der Waals surface area contributed by atoms with Gasteiger partial charge in [-0.05, 0) is 109 Å².